The van der Waals surface area contributed by atoms with Crippen LogP contribution in [0.3, 0.4) is 0 Å². The summed E-state index contributed by atoms with van der Waals surface area (Å²) in [5.74, 6) is 0. The summed E-state index contributed by atoms with van der Waals surface area (Å²) in [4.78, 5) is 0. The van der Waals surface area contributed by atoms with E-state index in [-0.39, 0.29) is 4.68 Å². The molecule has 0 aliphatic carbocycles. The van der Waals surface area contributed by atoms with Crippen LogP contribution in [0.5, 0.6) is 0 Å². The highest BCUT2D eigenvalue weighted by Gasteiger charge is 2.32. The molecule has 0 bridgehead atoms. The highest BCUT2D eigenvalue weighted by atomic mass is 19.4. The molecule has 0 N–H and O–H groups in total. The standard InChI is InChI=1S/C7H5F5N4/c8-6(9)5-4(1-2-13)14-15-16(5)3-7(10,11)12/h6H,1,3H2. The third kappa shape index (κ3) is 2.88. The van der Waals surface area contributed by atoms with E-state index in [1.54, 1.807) is 0 Å². The summed E-state index contributed by atoms with van der Waals surface area (Å²) in [6.07, 6.45) is -8.32. The second kappa shape index (κ2) is 4.42. The van der Waals surface area contributed by atoms with Crippen molar-refractivity contribution in [3.05, 3.63) is 11.4 Å². The van der Waals surface area contributed by atoms with Gasteiger partial charge in [0.25, 0.3) is 6.43 Å². The third-order valence-corrected chi connectivity index (χ3v) is 1.63. The number of halogens is 5. The topological polar surface area (TPSA) is 54.5 Å². The van der Waals surface area contributed by atoms with E-state index in [4.69, 9.17) is 5.26 Å². The maximum absolute atomic E-state index is 12.4. The molecule has 16 heavy (non-hydrogen) atoms. The van der Waals surface area contributed by atoms with Crippen LogP contribution in [-0.4, -0.2) is 21.2 Å². The summed E-state index contributed by atoms with van der Waals surface area (Å²) in [5.41, 5.74) is -1.39. The van der Waals surface area contributed by atoms with Crippen molar-refractivity contribution in [2.75, 3.05) is 0 Å². The Morgan fingerprint density at radius 3 is 2.44 bits per heavy atom. The minimum absolute atomic E-state index is 0.0668. The molecule has 0 aliphatic rings. The largest absolute Gasteiger partial charge is 0.408 e. The van der Waals surface area contributed by atoms with E-state index in [1.165, 1.54) is 6.07 Å². The number of hydrogen-bond donors (Lipinski definition) is 0. The Kier molecular flexibility index (Phi) is 3.41. The van der Waals surface area contributed by atoms with Crippen LogP contribution in [0.1, 0.15) is 17.8 Å². The van der Waals surface area contributed by atoms with Gasteiger partial charge < -0.3 is 0 Å². The number of nitrogens with zero attached hydrogens (tertiary/aromatic N) is 4. The monoisotopic (exact) mass is 240 g/mol. The number of alkyl halides is 5. The molecule has 88 valence electrons. The van der Waals surface area contributed by atoms with Crippen molar-refractivity contribution < 1.29 is 22.0 Å². The van der Waals surface area contributed by atoms with Crippen LogP contribution in [-0.2, 0) is 13.0 Å². The first-order valence-electron chi connectivity index (χ1n) is 3.99. The summed E-state index contributed by atoms with van der Waals surface area (Å²) in [5, 5.41) is 14.4. The first kappa shape index (κ1) is 12.4. The molecule has 1 heterocycles. The maximum atomic E-state index is 12.4. The lowest BCUT2D eigenvalue weighted by molar-refractivity contribution is -0.144. The highest BCUT2D eigenvalue weighted by molar-refractivity contribution is 5.15. The molecule has 4 nitrogen and oxygen atoms in total. The molecule has 0 unspecified atom stereocenters. The van der Waals surface area contributed by atoms with Crippen molar-refractivity contribution in [2.45, 2.75) is 25.6 Å². The smallest absolute Gasteiger partial charge is 0.234 e. The second-order valence-corrected chi connectivity index (χ2v) is 2.83. The summed E-state index contributed by atoms with van der Waals surface area (Å²) in [6.45, 7) is -1.65. The summed E-state index contributed by atoms with van der Waals surface area (Å²) in [7, 11) is 0. The van der Waals surface area contributed by atoms with Gasteiger partial charge in [0.2, 0.25) is 0 Å². The van der Waals surface area contributed by atoms with Crippen molar-refractivity contribution >= 4 is 0 Å². The summed E-state index contributed by atoms with van der Waals surface area (Å²) in [6, 6.07) is 1.53. The lowest BCUT2D eigenvalue weighted by atomic mass is 10.2. The Balaban J connectivity index is 3.06. The van der Waals surface area contributed by atoms with E-state index >= 15 is 0 Å². The van der Waals surface area contributed by atoms with E-state index in [0.29, 0.717) is 0 Å². The molecule has 1 rings (SSSR count). The van der Waals surface area contributed by atoms with Crippen molar-refractivity contribution in [3.63, 3.8) is 0 Å². The average Bonchev–Trinajstić information content (AvgIpc) is 2.45. The predicted molar refractivity (Wildman–Crippen MR) is 40.4 cm³/mol. The van der Waals surface area contributed by atoms with Crippen LogP contribution in [0.25, 0.3) is 0 Å². The molecular weight excluding hydrogens is 235 g/mol. The average molecular weight is 240 g/mol. The number of rotatable bonds is 3. The lowest BCUT2D eigenvalue weighted by Crippen LogP contribution is -2.20. The van der Waals surface area contributed by atoms with Gasteiger partial charge in [-0.2, -0.15) is 18.4 Å². The number of nitriles is 1. The summed E-state index contributed by atoms with van der Waals surface area (Å²) < 4.78 is 60.9. The first-order valence-corrected chi connectivity index (χ1v) is 3.99. The van der Waals surface area contributed by atoms with Gasteiger partial charge in [-0.3, -0.25) is 0 Å². The van der Waals surface area contributed by atoms with Gasteiger partial charge in [-0.05, 0) is 0 Å². The van der Waals surface area contributed by atoms with Crippen molar-refractivity contribution in [3.8, 4) is 6.07 Å². The van der Waals surface area contributed by atoms with E-state index in [1.807, 2.05) is 0 Å². The SMILES string of the molecule is N#CCc1nnn(CC(F)(F)F)c1C(F)F. The van der Waals surface area contributed by atoms with E-state index in [0.717, 1.165) is 0 Å². The minimum Gasteiger partial charge on any atom is -0.234 e. The van der Waals surface area contributed by atoms with Crippen molar-refractivity contribution in [1.82, 2.24) is 15.0 Å². The highest BCUT2D eigenvalue weighted by Crippen LogP contribution is 2.25. The van der Waals surface area contributed by atoms with E-state index in [9.17, 15) is 22.0 Å². The molecule has 0 fully saturated rings. The molecule has 9 heteroatoms. The van der Waals surface area contributed by atoms with Gasteiger partial charge in [0.05, 0.1) is 12.5 Å². The fourth-order valence-corrected chi connectivity index (χ4v) is 1.08. The second-order valence-electron chi connectivity index (χ2n) is 2.83. The Morgan fingerprint density at radius 1 is 1.38 bits per heavy atom. The van der Waals surface area contributed by atoms with Gasteiger partial charge in [0, 0.05) is 0 Å². The Morgan fingerprint density at radius 2 is 2.00 bits per heavy atom. The van der Waals surface area contributed by atoms with Crippen molar-refractivity contribution in [1.29, 1.82) is 5.26 Å². The number of aromatic nitrogens is 3. The first-order chi connectivity index (χ1) is 7.35. The molecule has 0 aliphatic heterocycles. The predicted octanol–water partition coefficient (Wildman–Crippen LogP) is 1.84. The van der Waals surface area contributed by atoms with Gasteiger partial charge in [-0.25, -0.2) is 13.5 Å². The Bertz CT molecular complexity index is 402. The van der Waals surface area contributed by atoms with Crippen LogP contribution in [0.4, 0.5) is 22.0 Å². The maximum Gasteiger partial charge on any atom is 0.408 e. The minimum atomic E-state index is -4.67. The van der Waals surface area contributed by atoms with Crippen LogP contribution in [0.15, 0.2) is 0 Å². The van der Waals surface area contributed by atoms with Crippen LogP contribution >= 0.6 is 0 Å². The molecule has 0 saturated heterocycles. The van der Waals surface area contributed by atoms with Crippen molar-refractivity contribution in [2.24, 2.45) is 0 Å². The molecular formula is C7H5F5N4. The Hall–Kier alpha value is -1.72. The molecule has 1 aromatic rings. The lowest BCUT2D eigenvalue weighted by Gasteiger charge is -2.08. The normalized spacial score (nSPS) is 11.8. The Labute approximate surface area is 86.3 Å². The molecule has 0 aromatic carbocycles. The molecule has 0 radical (unpaired) electrons. The van der Waals surface area contributed by atoms with Gasteiger partial charge in [0.15, 0.2) is 0 Å². The molecule has 0 atom stereocenters. The fraction of sp³-hybridized carbons (Fsp3) is 0.571. The van der Waals surface area contributed by atoms with Gasteiger partial charge in [-0.1, -0.05) is 5.21 Å². The molecule has 1 aromatic heterocycles. The molecule has 0 spiro atoms. The van der Waals surface area contributed by atoms with E-state index < -0.39 is 37.0 Å². The van der Waals surface area contributed by atoms with Gasteiger partial charge in [-0.15, -0.1) is 5.10 Å². The summed E-state index contributed by atoms with van der Waals surface area (Å²) >= 11 is 0. The van der Waals surface area contributed by atoms with Crippen LogP contribution in [0.2, 0.25) is 0 Å². The van der Waals surface area contributed by atoms with Crippen LogP contribution < -0.4 is 0 Å². The zero-order valence-corrected chi connectivity index (χ0v) is 7.67. The fourth-order valence-electron chi connectivity index (χ4n) is 1.08. The van der Waals surface area contributed by atoms with Crippen LogP contribution in [0, 0.1) is 11.3 Å². The van der Waals surface area contributed by atoms with E-state index in [2.05, 4.69) is 10.3 Å². The quantitative estimate of drug-likeness (QED) is 0.757. The third-order valence-electron chi connectivity index (χ3n) is 1.63. The van der Waals surface area contributed by atoms with Gasteiger partial charge in [0.1, 0.15) is 17.9 Å². The molecule has 0 amide bonds. The zero-order chi connectivity index (χ0) is 12.3. The zero-order valence-electron chi connectivity index (χ0n) is 7.67. The molecule has 0 saturated carbocycles. The van der Waals surface area contributed by atoms with Gasteiger partial charge >= 0.3 is 6.18 Å². The number of hydrogen-bond acceptors (Lipinski definition) is 3.